The molecule has 0 saturated heterocycles. The molecule has 0 spiro atoms. The largest absolute Gasteiger partial charge is 0.417 e. The van der Waals surface area contributed by atoms with Crippen molar-refractivity contribution in [3.8, 4) is 0 Å². The molecule has 5 nitrogen and oxygen atoms in total. The smallest absolute Gasteiger partial charge is 0.278 e. The van der Waals surface area contributed by atoms with Gasteiger partial charge in [-0.1, -0.05) is 6.07 Å². The number of rotatable bonds is 2. The zero-order valence-electron chi connectivity index (χ0n) is 8.43. The topological polar surface area (TPSA) is 57.3 Å². The number of nitro groups is 1. The van der Waals surface area contributed by atoms with Crippen molar-refractivity contribution in [2.45, 2.75) is 6.92 Å². The Morgan fingerprint density at radius 1 is 1.47 bits per heavy atom. The molecular weight excluding hydrogens is 196 g/mol. The molecule has 0 atom stereocenters. The van der Waals surface area contributed by atoms with E-state index in [4.69, 9.17) is 4.84 Å². The Morgan fingerprint density at radius 3 is 2.80 bits per heavy atom. The molecule has 0 amide bonds. The highest BCUT2D eigenvalue weighted by Crippen LogP contribution is 2.27. The minimum atomic E-state index is -0.387. The normalized spacial score (nSPS) is 10.5. The van der Waals surface area contributed by atoms with Crippen molar-refractivity contribution in [1.29, 1.82) is 0 Å². The third-order valence-electron chi connectivity index (χ3n) is 2.33. The molecule has 78 valence electrons. The van der Waals surface area contributed by atoms with Gasteiger partial charge in [0.1, 0.15) is 7.11 Å². The second kappa shape index (κ2) is 3.27. The summed E-state index contributed by atoms with van der Waals surface area (Å²) in [6.07, 6.45) is 0. The van der Waals surface area contributed by atoms with E-state index in [0.29, 0.717) is 10.9 Å². The molecule has 1 heterocycles. The Hall–Kier alpha value is -2.04. The highest BCUT2D eigenvalue weighted by molar-refractivity contribution is 5.89. The predicted octanol–water partition coefficient (Wildman–Crippen LogP) is 1.92. The van der Waals surface area contributed by atoms with Crippen LogP contribution in [0.4, 0.5) is 5.69 Å². The van der Waals surface area contributed by atoms with Gasteiger partial charge in [-0.3, -0.25) is 10.1 Å². The van der Waals surface area contributed by atoms with E-state index >= 15 is 0 Å². The van der Waals surface area contributed by atoms with Crippen LogP contribution in [0.1, 0.15) is 5.69 Å². The maximum absolute atomic E-state index is 10.8. The summed E-state index contributed by atoms with van der Waals surface area (Å²) in [5.74, 6) is 0. The third kappa shape index (κ3) is 1.32. The van der Waals surface area contributed by atoms with Gasteiger partial charge in [-0.05, 0) is 19.1 Å². The van der Waals surface area contributed by atoms with E-state index in [2.05, 4.69) is 0 Å². The molecule has 2 aromatic rings. The summed E-state index contributed by atoms with van der Waals surface area (Å²) in [6, 6.07) is 6.67. The van der Waals surface area contributed by atoms with Crippen LogP contribution in [-0.4, -0.2) is 16.8 Å². The number of hydrogen-bond acceptors (Lipinski definition) is 3. The molecule has 0 unspecified atom stereocenters. The van der Waals surface area contributed by atoms with Crippen molar-refractivity contribution >= 4 is 16.6 Å². The number of hydrogen-bond donors (Lipinski definition) is 0. The second-order valence-electron chi connectivity index (χ2n) is 3.23. The average molecular weight is 206 g/mol. The summed E-state index contributed by atoms with van der Waals surface area (Å²) in [5.41, 5.74) is 1.65. The molecule has 15 heavy (non-hydrogen) atoms. The van der Waals surface area contributed by atoms with Crippen LogP contribution in [0.2, 0.25) is 0 Å². The molecular formula is C10H10N2O3. The average Bonchev–Trinajstić information content (AvgIpc) is 2.52. The zero-order chi connectivity index (χ0) is 11.0. The van der Waals surface area contributed by atoms with Crippen molar-refractivity contribution in [1.82, 2.24) is 4.73 Å². The Kier molecular flexibility index (Phi) is 2.07. The minimum absolute atomic E-state index is 0.103. The van der Waals surface area contributed by atoms with Crippen LogP contribution in [0.5, 0.6) is 0 Å². The molecule has 2 rings (SSSR count). The number of nitrogens with zero attached hydrogens (tertiary/aromatic N) is 2. The highest BCUT2D eigenvalue weighted by atomic mass is 16.6. The van der Waals surface area contributed by atoms with Crippen LogP contribution < -0.4 is 4.84 Å². The number of non-ortho nitro benzene ring substituents is 1. The molecule has 1 aromatic heterocycles. The van der Waals surface area contributed by atoms with Crippen LogP contribution in [0.3, 0.4) is 0 Å². The van der Waals surface area contributed by atoms with Crippen molar-refractivity contribution in [3.05, 3.63) is 40.1 Å². The highest BCUT2D eigenvalue weighted by Gasteiger charge is 2.15. The fourth-order valence-electron chi connectivity index (χ4n) is 1.73. The number of aryl methyl sites for hydroxylation is 1. The van der Waals surface area contributed by atoms with Crippen molar-refractivity contribution in [3.63, 3.8) is 0 Å². The first-order chi connectivity index (χ1) is 7.15. The summed E-state index contributed by atoms with van der Waals surface area (Å²) in [7, 11) is 1.53. The summed E-state index contributed by atoms with van der Waals surface area (Å²) in [6.45, 7) is 1.84. The quantitative estimate of drug-likeness (QED) is 0.557. The fourth-order valence-corrected chi connectivity index (χ4v) is 1.73. The summed E-state index contributed by atoms with van der Waals surface area (Å²) < 4.78 is 1.57. The van der Waals surface area contributed by atoms with Gasteiger partial charge < -0.3 is 4.84 Å². The number of benzene rings is 1. The number of nitro benzene ring substituents is 1. The molecule has 0 radical (unpaired) electrons. The Morgan fingerprint density at radius 2 is 2.20 bits per heavy atom. The van der Waals surface area contributed by atoms with Gasteiger partial charge in [-0.2, -0.15) is 4.73 Å². The third-order valence-corrected chi connectivity index (χ3v) is 2.33. The van der Waals surface area contributed by atoms with Gasteiger partial charge in [0.2, 0.25) is 0 Å². The van der Waals surface area contributed by atoms with Gasteiger partial charge in [0.15, 0.2) is 0 Å². The van der Waals surface area contributed by atoms with Crippen LogP contribution in [0.25, 0.3) is 10.9 Å². The van der Waals surface area contributed by atoms with Crippen molar-refractivity contribution in [2.75, 3.05) is 7.11 Å². The lowest BCUT2D eigenvalue weighted by atomic mass is 10.2. The van der Waals surface area contributed by atoms with E-state index in [9.17, 15) is 10.1 Å². The van der Waals surface area contributed by atoms with E-state index in [1.54, 1.807) is 22.9 Å². The SMILES string of the molecule is COn1c(C)cc2c([N+](=O)[O-])cccc21. The molecule has 0 aliphatic rings. The van der Waals surface area contributed by atoms with Gasteiger partial charge in [-0.15, -0.1) is 0 Å². The molecule has 0 aliphatic carbocycles. The first-order valence-electron chi connectivity index (χ1n) is 4.45. The molecule has 5 heteroatoms. The first-order valence-corrected chi connectivity index (χ1v) is 4.45. The first kappa shape index (κ1) is 9.51. The van der Waals surface area contributed by atoms with Gasteiger partial charge in [0.05, 0.1) is 21.5 Å². The maximum atomic E-state index is 10.8. The van der Waals surface area contributed by atoms with Crippen molar-refractivity contribution in [2.24, 2.45) is 0 Å². The molecule has 0 fully saturated rings. The summed E-state index contributed by atoms with van der Waals surface area (Å²) in [5, 5.41) is 11.4. The number of fused-ring (bicyclic) bond motifs is 1. The lowest BCUT2D eigenvalue weighted by Crippen LogP contribution is -2.06. The Labute approximate surface area is 86.0 Å². The molecule has 0 saturated carbocycles. The van der Waals surface area contributed by atoms with E-state index in [0.717, 1.165) is 5.69 Å². The predicted molar refractivity (Wildman–Crippen MR) is 55.8 cm³/mol. The number of aromatic nitrogens is 1. The summed E-state index contributed by atoms with van der Waals surface area (Å²) in [4.78, 5) is 15.5. The van der Waals surface area contributed by atoms with Crippen LogP contribution in [-0.2, 0) is 0 Å². The molecule has 0 aliphatic heterocycles. The van der Waals surface area contributed by atoms with E-state index < -0.39 is 0 Å². The van der Waals surface area contributed by atoms with Gasteiger partial charge >= 0.3 is 0 Å². The van der Waals surface area contributed by atoms with E-state index in [1.165, 1.54) is 13.2 Å². The summed E-state index contributed by atoms with van der Waals surface area (Å²) >= 11 is 0. The Balaban J connectivity index is 2.83. The van der Waals surface area contributed by atoms with Crippen LogP contribution in [0.15, 0.2) is 24.3 Å². The maximum Gasteiger partial charge on any atom is 0.278 e. The van der Waals surface area contributed by atoms with Gasteiger partial charge in [0, 0.05) is 6.07 Å². The lowest BCUT2D eigenvalue weighted by molar-refractivity contribution is -0.383. The van der Waals surface area contributed by atoms with E-state index in [-0.39, 0.29) is 10.6 Å². The van der Waals surface area contributed by atoms with Crippen molar-refractivity contribution < 1.29 is 9.76 Å². The molecule has 1 aromatic carbocycles. The lowest BCUT2D eigenvalue weighted by Gasteiger charge is -2.04. The second-order valence-corrected chi connectivity index (χ2v) is 3.23. The fraction of sp³-hybridized carbons (Fsp3) is 0.200. The van der Waals surface area contributed by atoms with Gasteiger partial charge in [0.25, 0.3) is 5.69 Å². The monoisotopic (exact) mass is 206 g/mol. The molecule has 0 bridgehead atoms. The molecule has 0 N–H and O–H groups in total. The van der Waals surface area contributed by atoms with Crippen LogP contribution in [0, 0.1) is 17.0 Å². The standard InChI is InChI=1S/C10H10N2O3/c1-7-6-8-9(11(7)15-2)4-3-5-10(8)12(13)14/h3-6H,1-2H3. The van der Waals surface area contributed by atoms with Crippen LogP contribution >= 0.6 is 0 Å². The zero-order valence-corrected chi connectivity index (χ0v) is 8.43. The Bertz CT molecular complexity index is 531. The van der Waals surface area contributed by atoms with E-state index in [1.807, 2.05) is 6.92 Å². The minimum Gasteiger partial charge on any atom is -0.417 e. The van der Waals surface area contributed by atoms with Gasteiger partial charge in [-0.25, -0.2) is 0 Å².